The van der Waals surface area contributed by atoms with Gasteiger partial charge in [-0.1, -0.05) is 6.92 Å². The van der Waals surface area contributed by atoms with Gasteiger partial charge in [-0.15, -0.1) is 0 Å². The summed E-state index contributed by atoms with van der Waals surface area (Å²) in [6.07, 6.45) is -0.543. The number of hydrogen-bond acceptors (Lipinski definition) is 4. The molecular weight excluding hydrogens is 224 g/mol. The van der Waals surface area contributed by atoms with Crippen molar-refractivity contribution in [1.82, 2.24) is 9.80 Å². The predicted molar refractivity (Wildman–Crippen MR) is 60.5 cm³/mol. The Morgan fingerprint density at radius 1 is 0.765 bits per heavy atom. The summed E-state index contributed by atoms with van der Waals surface area (Å²) in [6, 6.07) is 0. The summed E-state index contributed by atoms with van der Waals surface area (Å²) in [7, 11) is 0. The zero-order valence-electron chi connectivity index (χ0n) is 10.8. The fourth-order valence-corrected chi connectivity index (χ4v) is 1.76. The molecule has 17 heavy (non-hydrogen) atoms. The molecular formula is C11H18N2O4. The Labute approximate surface area is 101 Å². The maximum Gasteiger partial charge on any atom is 0.227 e. The fraction of sp³-hybridized carbons (Fsp3) is 0.636. The molecule has 0 aliphatic carbocycles. The van der Waals surface area contributed by atoms with E-state index in [0.717, 1.165) is 9.80 Å². The second-order valence-corrected chi connectivity index (χ2v) is 3.70. The number of carbonyl (C=O) groups is 4. The third-order valence-corrected chi connectivity index (χ3v) is 2.32. The summed E-state index contributed by atoms with van der Waals surface area (Å²) in [5.41, 5.74) is 0. The van der Waals surface area contributed by atoms with Crippen LogP contribution in [0.2, 0.25) is 0 Å². The Balaban J connectivity index is 5.40. The van der Waals surface area contributed by atoms with Crippen molar-refractivity contribution in [3.8, 4) is 0 Å². The summed E-state index contributed by atoms with van der Waals surface area (Å²) in [4.78, 5) is 47.4. The molecule has 0 spiro atoms. The lowest BCUT2D eigenvalue weighted by molar-refractivity contribution is -0.158. The molecule has 0 aliphatic rings. The van der Waals surface area contributed by atoms with Gasteiger partial charge in [0.1, 0.15) is 6.17 Å². The van der Waals surface area contributed by atoms with Crippen LogP contribution < -0.4 is 0 Å². The van der Waals surface area contributed by atoms with Crippen LogP contribution in [0.5, 0.6) is 0 Å². The van der Waals surface area contributed by atoms with Crippen LogP contribution in [0.3, 0.4) is 0 Å². The first-order valence-corrected chi connectivity index (χ1v) is 5.34. The van der Waals surface area contributed by atoms with Gasteiger partial charge >= 0.3 is 0 Å². The number of amides is 4. The molecule has 0 aliphatic heterocycles. The molecule has 6 nitrogen and oxygen atoms in total. The smallest absolute Gasteiger partial charge is 0.227 e. The lowest BCUT2D eigenvalue weighted by Gasteiger charge is -2.34. The zero-order chi connectivity index (χ0) is 13.7. The minimum atomic E-state index is -0.847. The summed E-state index contributed by atoms with van der Waals surface area (Å²) < 4.78 is 0. The maximum atomic E-state index is 11.4. The average Bonchev–Trinajstić information content (AvgIpc) is 2.13. The highest BCUT2D eigenvalue weighted by Crippen LogP contribution is 2.12. The minimum Gasteiger partial charge on any atom is -0.275 e. The van der Waals surface area contributed by atoms with E-state index in [1.54, 1.807) is 6.92 Å². The molecule has 0 aromatic rings. The maximum absolute atomic E-state index is 11.4. The average molecular weight is 242 g/mol. The minimum absolute atomic E-state index is 0.304. The molecule has 0 saturated heterocycles. The van der Waals surface area contributed by atoms with Gasteiger partial charge in [-0.25, -0.2) is 0 Å². The fourth-order valence-electron chi connectivity index (χ4n) is 1.76. The molecule has 0 aromatic carbocycles. The molecule has 0 bridgehead atoms. The molecule has 0 saturated carbocycles. The topological polar surface area (TPSA) is 74.8 Å². The quantitative estimate of drug-likeness (QED) is 0.676. The van der Waals surface area contributed by atoms with Crippen molar-refractivity contribution in [2.75, 3.05) is 0 Å². The molecule has 4 amide bonds. The molecule has 6 heteroatoms. The predicted octanol–water partition coefficient (Wildman–Crippen LogP) is 0.513. The first-order chi connectivity index (χ1) is 7.73. The SMILES string of the molecule is CCC(N(C(C)=O)C(C)=O)N(C(C)=O)C(C)=O. The van der Waals surface area contributed by atoms with Crippen molar-refractivity contribution in [1.29, 1.82) is 0 Å². The standard InChI is InChI=1S/C11H18N2O4/c1-6-11(12(7(2)14)8(3)15)13(9(4)16)10(5)17/h11H,6H2,1-5H3. The van der Waals surface area contributed by atoms with Gasteiger partial charge < -0.3 is 0 Å². The van der Waals surface area contributed by atoms with Crippen LogP contribution in [0.25, 0.3) is 0 Å². The first-order valence-electron chi connectivity index (χ1n) is 5.34. The van der Waals surface area contributed by atoms with Crippen LogP contribution in [-0.4, -0.2) is 39.6 Å². The van der Waals surface area contributed by atoms with Gasteiger partial charge in [0, 0.05) is 27.7 Å². The highest BCUT2D eigenvalue weighted by molar-refractivity contribution is 5.97. The summed E-state index contributed by atoms with van der Waals surface area (Å²) in [5, 5.41) is 0. The summed E-state index contributed by atoms with van der Waals surface area (Å²) >= 11 is 0. The van der Waals surface area contributed by atoms with Crippen LogP contribution in [0.1, 0.15) is 41.0 Å². The van der Waals surface area contributed by atoms with E-state index in [1.165, 1.54) is 27.7 Å². The van der Waals surface area contributed by atoms with E-state index in [-0.39, 0.29) is 0 Å². The van der Waals surface area contributed by atoms with Gasteiger partial charge in [0.2, 0.25) is 23.6 Å². The lowest BCUT2D eigenvalue weighted by atomic mass is 10.2. The van der Waals surface area contributed by atoms with Crippen LogP contribution in [0, 0.1) is 0 Å². The third-order valence-electron chi connectivity index (χ3n) is 2.32. The highest BCUT2D eigenvalue weighted by atomic mass is 16.2. The van der Waals surface area contributed by atoms with Gasteiger partial charge in [0.05, 0.1) is 0 Å². The van der Waals surface area contributed by atoms with E-state index in [4.69, 9.17) is 0 Å². The van der Waals surface area contributed by atoms with Gasteiger partial charge in [0.25, 0.3) is 0 Å². The lowest BCUT2D eigenvalue weighted by Crippen LogP contribution is -2.55. The highest BCUT2D eigenvalue weighted by Gasteiger charge is 2.32. The van der Waals surface area contributed by atoms with Crippen molar-refractivity contribution in [2.24, 2.45) is 0 Å². The van der Waals surface area contributed by atoms with E-state index in [1.807, 2.05) is 0 Å². The molecule has 0 rings (SSSR count). The Bertz CT molecular complexity index is 291. The third kappa shape index (κ3) is 3.65. The Kier molecular flexibility index (Phi) is 5.50. The van der Waals surface area contributed by atoms with Gasteiger partial charge in [-0.2, -0.15) is 0 Å². The van der Waals surface area contributed by atoms with Crippen molar-refractivity contribution in [2.45, 2.75) is 47.2 Å². The van der Waals surface area contributed by atoms with E-state index in [2.05, 4.69) is 0 Å². The molecule has 0 aromatic heterocycles. The normalized spacial score (nSPS) is 10.0. The first kappa shape index (κ1) is 15.3. The molecule has 0 fully saturated rings. The van der Waals surface area contributed by atoms with Crippen molar-refractivity contribution in [3.05, 3.63) is 0 Å². The van der Waals surface area contributed by atoms with Crippen LogP contribution in [0.15, 0.2) is 0 Å². The number of nitrogens with zero attached hydrogens (tertiary/aromatic N) is 2. The molecule has 0 atom stereocenters. The number of hydrogen-bond donors (Lipinski definition) is 0. The molecule has 0 heterocycles. The largest absolute Gasteiger partial charge is 0.275 e. The zero-order valence-corrected chi connectivity index (χ0v) is 10.8. The molecule has 96 valence electrons. The van der Waals surface area contributed by atoms with Crippen molar-refractivity contribution < 1.29 is 19.2 Å². The molecule has 0 unspecified atom stereocenters. The van der Waals surface area contributed by atoms with Gasteiger partial charge in [0.15, 0.2) is 0 Å². The number of imide groups is 2. The Hall–Kier alpha value is -1.72. The number of rotatable bonds is 3. The number of carbonyl (C=O) groups excluding carboxylic acids is 4. The van der Waals surface area contributed by atoms with Gasteiger partial charge in [-0.05, 0) is 6.42 Å². The van der Waals surface area contributed by atoms with Crippen LogP contribution >= 0.6 is 0 Å². The summed E-state index contributed by atoms with van der Waals surface area (Å²) in [5.74, 6) is -1.96. The van der Waals surface area contributed by atoms with E-state index in [9.17, 15) is 19.2 Å². The van der Waals surface area contributed by atoms with Crippen LogP contribution in [0.4, 0.5) is 0 Å². The Morgan fingerprint density at radius 2 is 1.00 bits per heavy atom. The van der Waals surface area contributed by atoms with Crippen molar-refractivity contribution >= 4 is 23.6 Å². The molecule has 0 N–H and O–H groups in total. The van der Waals surface area contributed by atoms with Gasteiger partial charge in [-0.3, -0.25) is 29.0 Å². The molecule has 0 radical (unpaired) electrons. The van der Waals surface area contributed by atoms with E-state index < -0.39 is 29.8 Å². The second-order valence-electron chi connectivity index (χ2n) is 3.70. The van der Waals surface area contributed by atoms with Crippen molar-refractivity contribution in [3.63, 3.8) is 0 Å². The van der Waals surface area contributed by atoms with E-state index >= 15 is 0 Å². The van der Waals surface area contributed by atoms with E-state index in [0.29, 0.717) is 6.42 Å². The second kappa shape index (κ2) is 6.12. The monoisotopic (exact) mass is 242 g/mol. The Morgan fingerprint density at radius 3 is 1.12 bits per heavy atom. The summed E-state index contributed by atoms with van der Waals surface area (Å²) in [6.45, 7) is 6.60. The van der Waals surface area contributed by atoms with Crippen LogP contribution in [-0.2, 0) is 19.2 Å².